The molecule has 8 heteroatoms. The topological polar surface area (TPSA) is 75.2 Å². The van der Waals surface area contributed by atoms with Gasteiger partial charge < -0.3 is 25.0 Å². The summed E-state index contributed by atoms with van der Waals surface area (Å²) in [6.45, 7) is 7.57. The minimum Gasteiger partial charge on any atom is -0.378 e. The quantitative estimate of drug-likeness (QED) is 0.214. The first-order valence-corrected chi connectivity index (χ1v) is 12.1. The van der Waals surface area contributed by atoms with Gasteiger partial charge in [-0.15, -0.1) is 24.0 Å². The minimum absolute atomic E-state index is 0. The number of amides is 1. The second-order valence-corrected chi connectivity index (χ2v) is 9.00. The lowest BCUT2D eigenvalue weighted by Crippen LogP contribution is -2.48. The number of aliphatic imine (C=N–C) groups is 1. The maximum absolute atomic E-state index is 12.8. The Balaban J connectivity index is 0.00000385. The second-order valence-electron chi connectivity index (χ2n) is 9.00. The molecule has 2 N–H and O–H groups in total. The van der Waals surface area contributed by atoms with Gasteiger partial charge in [-0.2, -0.15) is 0 Å². The van der Waals surface area contributed by atoms with Crippen LogP contribution < -0.4 is 10.6 Å². The van der Waals surface area contributed by atoms with Crippen LogP contribution in [0.15, 0.2) is 29.3 Å². The Bertz CT molecular complexity index is 728. The Morgan fingerprint density at radius 1 is 1.09 bits per heavy atom. The van der Waals surface area contributed by atoms with Crippen LogP contribution in [0.1, 0.15) is 68.3 Å². The number of ether oxygens (including phenoxy) is 2. The molecule has 2 atom stereocenters. The number of carbonyl (C=O) groups is 1. The zero-order valence-corrected chi connectivity index (χ0v) is 22.7. The number of hydrogen-bond acceptors (Lipinski definition) is 4. The second kappa shape index (κ2) is 14.8. The van der Waals surface area contributed by atoms with Gasteiger partial charge in [0.05, 0.1) is 18.3 Å². The number of nitrogens with one attached hydrogen (secondary N) is 2. The number of guanidine groups is 1. The van der Waals surface area contributed by atoms with Crippen LogP contribution in [0.4, 0.5) is 0 Å². The fraction of sp³-hybridized carbons (Fsp3) is 0.680. The van der Waals surface area contributed by atoms with E-state index in [1.165, 1.54) is 32.1 Å². The van der Waals surface area contributed by atoms with Gasteiger partial charge in [-0.25, -0.2) is 0 Å². The molecule has 2 aliphatic rings. The molecule has 0 radical (unpaired) electrons. The van der Waals surface area contributed by atoms with E-state index in [2.05, 4.69) is 15.6 Å². The number of carbonyl (C=O) groups excluding carboxylic acids is 1. The summed E-state index contributed by atoms with van der Waals surface area (Å²) < 4.78 is 11.7. The smallest absolute Gasteiger partial charge is 0.254 e. The van der Waals surface area contributed by atoms with Gasteiger partial charge in [0, 0.05) is 45.4 Å². The number of benzene rings is 1. The summed E-state index contributed by atoms with van der Waals surface area (Å²) in [7, 11) is 1.78. The summed E-state index contributed by atoms with van der Waals surface area (Å²) in [5.74, 6) is 0.846. The van der Waals surface area contributed by atoms with Gasteiger partial charge in [0.1, 0.15) is 0 Å². The normalized spacial score (nSPS) is 21.9. The van der Waals surface area contributed by atoms with Crippen LogP contribution in [0.2, 0.25) is 0 Å². The minimum atomic E-state index is 0. The highest BCUT2D eigenvalue weighted by atomic mass is 127. The molecule has 2 fully saturated rings. The van der Waals surface area contributed by atoms with Crippen LogP contribution in [-0.2, 0) is 16.0 Å². The van der Waals surface area contributed by atoms with Crippen molar-refractivity contribution >= 4 is 35.8 Å². The van der Waals surface area contributed by atoms with E-state index in [1.54, 1.807) is 7.05 Å². The van der Waals surface area contributed by atoms with E-state index in [0.717, 1.165) is 36.7 Å². The molecule has 186 valence electrons. The van der Waals surface area contributed by atoms with E-state index in [0.29, 0.717) is 25.7 Å². The van der Waals surface area contributed by atoms with Crippen molar-refractivity contribution in [2.45, 2.75) is 77.2 Å². The van der Waals surface area contributed by atoms with Crippen molar-refractivity contribution in [1.82, 2.24) is 15.5 Å². The number of nitrogens with zero attached hydrogens (tertiary/aromatic N) is 2. The van der Waals surface area contributed by atoms with Gasteiger partial charge in [0.25, 0.3) is 5.91 Å². The van der Waals surface area contributed by atoms with Crippen LogP contribution in [0, 0.1) is 0 Å². The van der Waals surface area contributed by atoms with E-state index in [1.807, 2.05) is 43.0 Å². The van der Waals surface area contributed by atoms with Crippen molar-refractivity contribution in [3.63, 3.8) is 0 Å². The Morgan fingerprint density at radius 2 is 1.76 bits per heavy atom. The zero-order chi connectivity index (χ0) is 22.8. The summed E-state index contributed by atoms with van der Waals surface area (Å²) in [6, 6.07) is 7.81. The predicted molar refractivity (Wildman–Crippen MR) is 143 cm³/mol. The van der Waals surface area contributed by atoms with Crippen molar-refractivity contribution in [2.24, 2.45) is 4.99 Å². The molecule has 0 bridgehead atoms. The van der Waals surface area contributed by atoms with Crippen molar-refractivity contribution in [3.05, 3.63) is 35.4 Å². The van der Waals surface area contributed by atoms with Crippen LogP contribution in [0.5, 0.6) is 0 Å². The third-order valence-electron chi connectivity index (χ3n) is 6.11. The lowest BCUT2D eigenvalue weighted by Gasteiger charge is -2.35. The molecular formula is C25H41IN4O3. The van der Waals surface area contributed by atoms with Gasteiger partial charge in [-0.05, 0) is 50.8 Å². The van der Waals surface area contributed by atoms with Gasteiger partial charge in [-0.3, -0.25) is 9.79 Å². The SMILES string of the molecule is CN=C(NCCCOC1CCCCC1)NCc1ccc(C(=O)N2CC(C)OC(C)C2)cc1.I. The molecule has 1 aromatic carbocycles. The molecule has 33 heavy (non-hydrogen) atoms. The van der Waals surface area contributed by atoms with Crippen molar-refractivity contribution in [1.29, 1.82) is 0 Å². The monoisotopic (exact) mass is 572 g/mol. The van der Waals surface area contributed by atoms with E-state index in [4.69, 9.17) is 9.47 Å². The number of morpholine rings is 1. The summed E-state index contributed by atoms with van der Waals surface area (Å²) >= 11 is 0. The van der Waals surface area contributed by atoms with Gasteiger partial charge >= 0.3 is 0 Å². The molecule has 3 rings (SSSR count). The van der Waals surface area contributed by atoms with Crippen molar-refractivity contribution in [3.8, 4) is 0 Å². The Kier molecular flexibility index (Phi) is 12.5. The fourth-order valence-corrected chi connectivity index (χ4v) is 4.46. The molecule has 0 spiro atoms. The Labute approximate surface area is 216 Å². The standard InChI is InChI=1S/C25H40N4O3.HI/c1-19-17-29(18-20(2)32-19)24(30)22-12-10-21(11-13-22)16-28-25(26-3)27-14-7-15-31-23-8-5-4-6-9-23;/h10-13,19-20,23H,4-9,14-18H2,1-3H3,(H2,26,27,28);1H. The summed E-state index contributed by atoms with van der Waals surface area (Å²) in [6.07, 6.45) is 7.97. The molecule has 1 saturated heterocycles. The molecule has 1 saturated carbocycles. The first-order valence-electron chi connectivity index (χ1n) is 12.1. The lowest BCUT2D eigenvalue weighted by atomic mass is 9.98. The fourth-order valence-electron chi connectivity index (χ4n) is 4.46. The van der Waals surface area contributed by atoms with Crippen LogP contribution in [-0.4, -0.2) is 68.4 Å². The average Bonchev–Trinajstić information content (AvgIpc) is 2.81. The molecule has 0 aromatic heterocycles. The first kappa shape index (κ1) is 27.9. The molecule has 1 aromatic rings. The Morgan fingerprint density at radius 3 is 2.39 bits per heavy atom. The zero-order valence-electron chi connectivity index (χ0n) is 20.3. The highest BCUT2D eigenvalue weighted by Crippen LogP contribution is 2.20. The van der Waals surface area contributed by atoms with Crippen LogP contribution in [0.25, 0.3) is 0 Å². The molecular weight excluding hydrogens is 531 g/mol. The van der Waals surface area contributed by atoms with Crippen molar-refractivity contribution < 1.29 is 14.3 Å². The molecule has 1 heterocycles. The third-order valence-corrected chi connectivity index (χ3v) is 6.11. The predicted octanol–water partition coefficient (Wildman–Crippen LogP) is 3.96. The lowest BCUT2D eigenvalue weighted by molar-refractivity contribution is -0.0586. The van der Waals surface area contributed by atoms with Gasteiger partial charge in [0.15, 0.2) is 5.96 Å². The number of rotatable bonds is 8. The van der Waals surface area contributed by atoms with Crippen LogP contribution >= 0.6 is 24.0 Å². The number of hydrogen-bond donors (Lipinski definition) is 2. The molecule has 1 aliphatic carbocycles. The molecule has 2 unspecified atom stereocenters. The third kappa shape index (κ3) is 9.41. The molecule has 7 nitrogen and oxygen atoms in total. The van der Waals surface area contributed by atoms with Crippen molar-refractivity contribution in [2.75, 3.05) is 33.3 Å². The average molecular weight is 573 g/mol. The maximum atomic E-state index is 12.8. The largest absolute Gasteiger partial charge is 0.378 e. The summed E-state index contributed by atoms with van der Waals surface area (Å²) in [5, 5.41) is 6.68. The Hall–Kier alpha value is -1.39. The highest BCUT2D eigenvalue weighted by molar-refractivity contribution is 14.0. The summed E-state index contributed by atoms with van der Waals surface area (Å²) in [5.41, 5.74) is 1.82. The van der Waals surface area contributed by atoms with E-state index < -0.39 is 0 Å². The number of halogens is 1. The van der Waals surface area contributed by atoms with Gasteiger partial charge in [0.2, 0.25) is 0 Å². The highest BCUT2D eigenvalue weighted by Gasteiger charge is 2.26. The van der Waals surface area contributed by atoms with Gasteiger partial charge in [-0.1, -0.05) is 31.4 Å². The van der Waals surface area contributed by atoms with Crippen LogP contribution in [0.3, 0.4) is 0 Å². The van der Waals surface area contributed by atoms with E-state index in [9.17, 15) is 4.79 Å². The molecule has 1 amide bonds. The van der Waals surface area contributed by atoms with E-state index >= 15 is 0 Å². The summed E-state index contributed by atoms with van der Waals surface area (Å²) in [4.78, 5) is 19.0. The molecule has 1 aliphatic heterocycles. The van der Waals surface area contributed by atoms with E-state index in [-0.39, 0.29) is 42.1 Å². The first-order chi connectivity index (χ1) is 15.5. The maximum Gasteiger partial charge on any atom is 0.254 e.